The molecule has 5 nitrogen and oxygen atoms in total. The first kappa shape index (κ1) is 12.6. The third-order valence-electron chi connectivity index (χ3n) is 2.69. The number of hydrogen-bond acceptors (Lipinski definition) is 4. The van der Waals surface area contributed by atoms with Crippen LogP contribution >= 0.6 is 0 Å². The first-order valence-corrected chi connectivity index (χ1v) is 5.79. The molecule has 1 aromatic heterocycles. The Bertz CT molecular complexity index is 538. The highest BCUT2D eigenvalue weighted by atomic mass is 16.3. The van der Waals surface area contributed by atoms with Crippen LogP contribution < -0.4 is 0 Å². The number of aliphatic hydroxyl groups excluding tert-OH is 1. The highest BCUT2D eigenvalue weighted by Crippen LogP contribution is 2.27. The smallest absolute Gasteiger partial charge is 0.115 e. The van der Waals surface area contributed by atoms with Gasteiger partial charge in [-0.3, -0.25) is 0 Å². The lowest BCUT2D eigenvalue weighted by Gasteiger charge is -2.20. The van der Waals surface area contributed by atoms with Crippen LogP contribution in [0.5, 0.6) is 5.75 Å². The average molecular weight is 247 g/mol. The van der Waals surface area contributed by atoms with Gasteiger partial charge in [0.05, 0.1) is 18.0 Å². The summed E-state index contributed by atoms with van der Waals surface area (Å²) in [7, 11) is 0. The number of aromatic hydroxyl groups is 1. The Kier molecular flexibility index (Phi) is 3.09. The van der Waals surface area contributed by atoms with Crippen molar-refractivity contribution in [3.63, 3.8) is 0 Å². The van der Waals surface area contributed by atoms with Crippen LogP contribution in [0.4, 0.5) is 0 Å². The van der Waals surface area contributed by atoms with Gasteiger partial charge in [0.25, 0.3) is 0 Å². The molecule has 1 aromatic carbocycles. The molecule has 0 spiro atoms. The van der Waals surface area contributed by atoms with Crippen molar-refractivity contribution in [1.29, 1.82) is 0 Å². The molecular formula is C13H17N3O2. The summed E-state index contributed by atoms with van der Waals surface area (Å²) in [5.41, 5.74) is 2.08. The van der Waals surface area contributed by atoms with Crippen LogP contribution in [0, 0.1) is 0 Å². The minimum Gasteiger partial charge on any atom is -0.508 e. The van der Waals surface area contributed by atoms with E-state index in [1.54, 1.807) is 28.9 Å². The van der Waals surface area contributed by atoms with E-state index >= 15 is 0 Å². The fraction of sp³-hybridized carbons (Fsp3) is 0.385. The molecule has 1 heterocycles. The van der Waals surface area contributed by atoms with Gasteiger partial charge in [-0.05, 0) is 24.3 Å². The molecule has 0 atom stereocenters. The topological polar surface area (TPSA) is 71.2 Å². The predicted molar refractivity (Wildman–Crippen MR) is 67.6 cm³/mol. The maximum atomic E-state index is 9.33. The highest BCUT2D eigenvalue weighted by Gasteiger charge is 2.25. The van der Waals surface area contributed by atoms with E-state index in [2.05, 4.69) is 10.3 Å². The summed E-state index contributed by atoms with van der Waals surface area (Å²) in [6.45, 7) is 6.00. The van der Waals surface area contributed by atoms with E-state index in [1.165, 1.54) is 0 Å². The first-order valence-electron chi connectivity index (χ1n) is 5.79. The van der Waals surface area contributed by atoms with Gasteiger partial charge in [0.1, 0.15) is 11.4 Å². The Morgan fingerprint density at radius 3 is 2.28 bits per heavy atom. The van der Waals surface area contributed by atoms with E-state index in [0.717, 1.165) is 11.4 Å². The Balaban J connectivity index is 2.58. The number of aromatic nitrogens is 3. The lowest BCUT2D eigenvalue weighted by atomic mass is 9.90. The molecule has 2 aromatic rings. The zero-order chi connectivity index (χ0) is 13.3. The fourth-order valence-corrected chi connectivity index (χ4v) is 1.94. The van der Waals surface area contributed by atoms with Crippen molar-refractivity contribution in [2.24, 2.45) is 0 Å². The Morgan fingerprint density at radius 1 is 1.17 bits per heavy atom. The largest absolute Gasteiger partial charge is 0.508 e. The van der Waals surface area contributed by atoms with Crippen molar-refractivity contribution in [3.05, 3.63) is 35.7 Å². The molecule has 0 amide bonds. The minimum atomic E-state index is -0.181. The molecule has 2 rings (SSSR count). The SMILES string of the molecule is CC(C)(C)c1c(CO)nnn1-c1ccc(O)cc1. The lowest BCUT2D eigenvalue weighted by molar-refractivity contribution is 0.273. The number of benzene rings is 1. The summed E-state index contributed by atoms with van der Waals surface area (Å²) in [4.78, 5) is 0. The van der Waals surface area contributed by atoms with Crippen molar-refractivity contribution >= 4 is 0 Å². The fourth-order valence-electron chi connectivity index (χ4n) is 1.94. The van der Waals surface area contributed by atoms with Gasteiger partial charge in [-0.25, -0.2) is 4.68 Å². The zero-order valence-corrected chi connectivity index (χ0v) is 10.8. The van der Waals surface area contributed by atoms with Crippen LogP contribution in [0.15, 0.2) is 24.3 Å². The van der Waals surface area contributed by atoms with Gasteiger partial charge >= 0.3 is 0 Å². The van der Waals surface area contributed by atoms with Gasteiger partial charge in [-0.1, -0.05) is 26.0 Å². The second kappa shape index (κ2) is 4.42. The van der Waals surface area contributed by atoms with E-state index in [4.69, 9.17) is 0 Å². The summed E-state index contributed by atoms with van der Waals surface area (Å²) >= 11 is 0. The monoisotopic (exact) mass is 247 g/mol. The third kappa shape index (κ3) is 2.22. The number of phenolic OH excluding ortho intramolecular Hbond substituents is 1. The van der Waals surface area contributed by atoms with Crippen LogP contribution in [0.1, 0.15) is 32.2 Å². The zero-order valence-electron chi connectivity index (χ0n) is 10.8. The molecule has 18 heavy (non-hydrogen) atoms. The van der Waals surface area contributed by atoms with Gasteiger partial charge in [0.2, 0.25) is 0 Å². The van der Waals surface area contributed by atoms with Crippen molar-refractivity contribution < 1.29 is 10.2 Å². The summed E-state index contributed by atoms with van der Waals surface area (Å²) in [5, 5.41) is 26.7. The van der Waals surface area contributed by atoms with E-state index in [1.807, 2.05) is 20.8 Å². The van der Waals surface area contributed by atoms with Gasteiger partial charge in [-0.2, -0.15) is 0 Å². The van der Waals surface area contributed by atoms with Gasteiger partial charge in [0, 0.05) is 5.41 Å². The molecule has 0 saturated carbocycles. The van der Waals surface area contributed by atoms with E-state index in [9.17, 15) is 10.2 Å². The van der Waals surface area contributed by atoms with Crippen molar-refractivity contribution in [1.82, 2.24) is 15.0 Å². The molecule has 0 aliphatic heterocycles. The third-order valence-corrected chi connectivity index (χ3v) is 2.69. The molecule has 0 fully saturated rings. The quantitative estimate of drug-likeness (QED) is 0.848. The number of nitrogens with zero attached hydrogens (tertiary/aromatic N) is 3. The van der Waals surface area contributed by atoms with Crippen molar-refractivity contribution in [2.75, 3.05) is 0 Å². The summed E-state index contributed by atoms with van der Waals surface area (Å²) in [5.74, 6) is 0.207. The molecule has 0 saturated heterocycles. The molecule has 0 aliphatic carbocycles. The second-order valence-corrected chi connectivity index (χ2v) is 5.22. The van der Waals surface area contributed by atoms with Crippen molar-refractivity contribution in [3.8, 4) is 11.4 Å². The van der Waals surface area contributed by atoms with Gasteiger partial charge in [-0.15, -0.1) is 5.10 Å². The molecule has 0 radical (unpaired) electrons. The number of hydrogen-bond donors (Lipinski definition) is 2. The van der Waals surface area contributed by atoms with Crippen LogP contribution in [0.2, 0.25) is 0 Å². The summed E-state index contributed by atoms with van der Waals surface area (Å²) in [6.07, 6.45) is 0. The highest BCUT2D eigenvalue weighted by molar-refractivity contribution is 5.39. The van der Waals surface area contributed by atoms with Crippen LogP contribution in [0.25, 0.3) is 5.69 Å². The Hall–Kier alpha value is -1.88. The normalized spacial score (nSPS) is 11.8. The maximum Gasteiger partial charge on any atom is 0.115 e. The Labute approximate surface area is 106 Å². The standard InChI is InChI=1S/C13H17N3O2/c1-13(2,3)12-11(8-17)14-15-16(12)9-4-6-10(18)7-5-9/h4-7,17-18H,8H2,1-3H3. The molecule has 5 heteroatoms. The van der Waals surface area contributed by atoms with Crippen LogP contribution in [0.3, 0.4) is 0 Å². The second-order valence-electron chi connectivity index (χ2n) is 5.22. The molecule has 2 N–H and O–H groups in total. The molecule has 0 unspecified atom stereocenters. The van der Waals surface area contributed by atoms with Crippen molar-refractivity contribution in [2.45, 2.75) is 32.8 Å². The molecular weight excluding hydrogens is 230 g/mol. The Morgan fingerprint density at radius 2 is 1.78 bits per heavy atom. The predicted octanol–water partition coefficient (Wildman–Crippen LogP) is 1.76. The summed E-state index contributed by atoms with van der Waals surface area (Å²) < 4.78 is 1.70. The minimum absolute atomic E-state index is 0.134. The van der Waals surface area contributed by atoms with Crippen LogP contribution in [-0.4, -0.2) is 25.2 Å². The lowest BCUT2D eigenvalue weighted by Crippen LogP contribution is -2.19. The summed E-state index contributed by atoms with van der Waals surface area (Å²) in [6, 6.07) is 6.73. The van der Waals surface area contributed by atoms with E-state index in [-0.39, 0.29) is 17.8 Å². The molecule has 0 bridgehead atoms. The molecule has 96 valence electrons. The van der Waals surface area contributed by atoms with Gasteiger partial charge < -0.3 is 10.2 Å². The average Bonchev–Trinajstić information content (AvgIpc) is 2.73. The maximum absolute atomic E-state index is 9.33. The number of phenols is 1. The first-order chi connectivity index (χ1) is 8.43. The van der Waals surface area contributed by atoms with E-state index in [0.29, 0.717) is 5.69 Å². The number of rotatable bonds is 2. The number of aliphatic hydroxyl groups is 1. The van der Waals surface area contributed by atoms with E-state index < -0.39 is 0 Å². The molecule has 0 aliphatic rings. The van der Waals surface area contributed by atoms with Crippen LogP contribution in [-0.2, 0) is 12.0 Å². The van der Waals surface area contributed by atoms with Gasteiger partial charge in [0.15, 0.2) is 0 Å².